The Kier molecular flexibility index (Phi) is 29.9. The molecule has 74 heavy (non-hydrogen) atoms. The van der Waals surface area contributed by atoms with Gasteiger partial charge in [-0.05, 0) is 127 Å². The number of rotatable bonds is 26. The van der Waals surface area contributed by atoms with E-state index in [1.807, 2.05) is 13.8 Å². The van der Waals surface area contributed by atoms with Gasteiger partial charge in [0.2, 0.25) is 0 Å². The summed E-state index contributed by atoms with van der Waals surface area (Å²) in [7, 11) is 9.39. The van der Waals surface area contributed by atoms with E-state index in [1.54, 1.807) is 0 Å². The maximum atomic E-state index is 5.80. The van der Waals surface area contributed by atoms with Crippen LogP contribution in [0.2, 0.25) is 0 Å². The minimum absolute atomic E-state index is 0.269. The number of ether oxygens (including phenoxy) is 3. The highest BCUT2D eigenvalue weighted by atomic mass is 16.5. The lowest BCUT2D eigenvalue weighted by molar-refractivity contribution is -0.910. The van der Waals surface area contributed by atoms with E-state index >= 15 is 0 Å². The van der Waals surface area contributed by atoms with Crippen LogP contribution < -0.4 is 9.47 Å². The standard InChI is InChI=1S/C23H42NO.C22H40NO.C20H34N2O.C2H6/c1-18(2)16-25-21-13-11-20(12-14-21)15-24(9,10)17-22(5,6)23(7,8)19(3)4;1-10-15-24-20-13-11-19(12-14-20)16-23(8,9)17-21(4,5)22(6,7)18(2)3;1-17(2)9-10-21-11-13-22(14-12-21)15-19-5-7-20(8-6-19)16-23-18(3)4;1-2/h11-14,18-19H,15-17H2,1-10H3;11-14,18H,10,15-17H2,1-9H3;5-8,17-18H,9-16H2,1-4H3;1-2H3/q2*+1;;. The lowest BCUT2D eigenvalue weighted by Gasteiger charge is -2.48. The molecule has 7 heteroatoms. The third-order valence-corrected chi connectivity index (χ3v) is 16.6. The van der Waals surface area contributed by atoms with Gasteiger partial charge in [0.05, 0.1) is 67.2 Å². The summed E-state index contributed by atoms with van der Waals surface area (Å²) in [5.74, 6) is 4.66. The van der Waals surface area contributed by atoms with Gasteiger partial charge in [-0.2, -0.15) is 0 Å². The van der Waals surface area contributed by atoms with Crippen LogP contribution in [0, 0.1) is 45.3 Å². The van der Waals surface area contributed by atoms with Crippen LogP contribution in [0.15, 0.2) is 72.8 Å². The van der Waals surface area contributed by atoms with Crippen molar-refractivity contribution >= 4 is 0 Å². The summed E-state index contributed by atoms with van der Waals surface area (Å²) in [5.41, 5.74) is 6.58. The highest BCUT2D eigenvalue weighted by molar-refractivity contribution is 5.28. The van der Waals surface area contributed by atoms with Crippen LogP contribution in [0.4, 0.5) is 0 Å². The van der Waals surface area contributed by atoms with Gasteiger partial charge in [0, 0.05) is 54.7 Å². The first-order valence-corrected chi connectivity index (χ1v) is 29.4. The van der Waals surface area contributed by atoms with Crippen molar-refractivity contribution in [3.05, 3.63) is 95.1 Å². The number of hydrogen-bond acceptors (Lipinski definition) is 5. The van der Waals surface area contributed by atoms with Gasteiger partial charge in [-0.25, -0.2) is 0 Å². The van der Waals surface area contributed by atoms with Gasteiger partial charge >= 0.3 is 0 Å². The maximum Gasteiger partial charge on any atom is 0.119 e. The van der Waals surface area contributed by atoms with Crippen LogP contribution in [-0.2, 0) is 31.0 Å². The molecule has 0 aliphatic carbocycles. The van der Waals surface area contributed by atoms with Crippen molar-refractivity contribution in [3.8, 4) is 11.5 Å². The van der Waals surface area contributed by atoms with E-state index in [0.29, 0.717) is 41.3 Å². The summed E-state index contributed by atoms with van der Waals surface area (Å²) in [6.45, 7) is 61.8. The molecule has 0 aromatic heterocycles. The fraction of sp³-hybridized carbons (Fsp3) is 0.731. The predicted octanol–water partition coefficient (Wildman–Crippen LogP) is 16.6. The molecule has 3 aromatic carbocycles. The van der Waals surface area contributed by atoms with Crippen molar-refractivity contribution in [2.24, 2.45) is 45.3 Å². The molecule has 426 valence electrons. The Labute approximate surface area is 460 Å². The molecule has 4 rings (SSSR count). The number of quaternary nitrogens is 2. The van der Waals surface area contributed by atoms with Gasteiger partial charge < -0.3 is 28.1 Å². The van der Waals surface area contributed by atoms with Gasteiger partial charge in [0.25, 0.3) is 0 Å². The SMILES string of the molecule is CC.CC(C)CCN1CCN(Cc2ccc(COC(C)C)cc2)CC1.CC(C)COc1ccc(C[N+](C)(C)CC(C)(C)C(C)(C)C(C)C)cc1.CCCOc1ccc(C[N+](C)(C)CC(C)(C)C(C)(C)C(C)C)cc1. The Bertz CT molecular complexity index is 1900. The minimum Gasteiger partial charge on any atom is -0.494 e. The number of benzene rings is 3. The lowest BCUT2D eigenvalue weighted by Crippen LogP contribution is -2.51. The normalized spacial score (nSPS) is 14.4. The summed E-state index contributed by atoms with van der Waals surface area (Å²) in [6, 6.07) is 26.2. The van der Waals surface area contributed by atoms with Gasteiger partial charge in [-0.1, -0.05) is 156 Å². The van der Waals surface area contributed by atoms with E-state index in [9.17, 15) is 0 Å². The van der Waals surface area contributed by atoms with Gasteiger partial charge in [0.15, 0.2) is 0 Å². The Morgan fingerprint density at radius 2 is 0.878 bits per heavy atom. The number of hydrogen-bond donors (Lipinski definition) is 0. The second kappa shape index (κ2) is 32.1. The van der Waals surface area contributed by atoms with Crippen LogP contribution in [0.1, 0.15) is 180 Å². The van der Waals surface area contributed by atoms with Crippen molar-refractivity contribution < 1.29 is 23.2 Å². The summed E-state index contributed by atoms with van der Waals surface area (Å²) in [6.07, 6.45) is 2.66. The van der Waals surface area contributed by atoms with Crippen molar-refractivity contribution in [1.82, 2.24) is 9.80 Å². The van der Waals surface area contributed by atoms with Crippen LogP contribution in [0.3, 0.4) is 0 Å². The first kappa shape index (κ1) is 69.1. The number of nitrogens with zero attached hydrogens (tertiary/aromatic N) is 4. The van der Waals surface area contributed by atoms with Crippen molar-refractivity contribution in [1.29, 1.82) is 0 Å². The average molecular weight is 1030 g/mol. The fourth-order valence-electron chi connectivity index (χ4n) is 9.95. The van der Waals surface area contributed by atoms with Gasteiger partial charge in [0.1, 0.15) is 24.6 Å². The molecule has 0 saturated carbocycles. The zero-order valence-corrected chi connectivity index (χ0v) is 53.4. The molecule has 3 aromatic rings. The highest BCUT2D eigenvalue weighted by Crippen LogP contribution is 2.47. The predicted molar refractivity (Wildman–Crippen MR) is 324 cm³/mol. The van der Waals surface area contributed by atoms with Crippen molar-refractivity contribution in [2.45, 2.75) is 191 Å². The molecular formula is C67H122N4O3+2. The second-order valence-electron chi connectivity index (χ2n) is 27.3. The largest absolute Gasteiger partial charge is 0.494 e. The first-order valence-electron chi connectivity index (χ1n) is 29.4. The monoisotopic (exact) mass is 1030 g/mol. The Hall–Kier alpha value is -2.94. The summed E-state index contributed by atoms with van der Waals surface area (Å²) in [5, 5.41) is 0. The lowest BCUT2D eigenvalue weighted by atomic mass is 9.61. The smallest absolute Gasteiger partial charge is 0.119 e. The molecule has 0 spiro atoms. The molecule has 0 unspecified atom stereocenters. The van der Waals surface area contributed by atoms with Gasteiger partial charge in [-0.3, -0.25) is 4.90 Å². The molecule has 0 N–H and O–H groups in total. The molecular weight excluding hydrogens is 909 g/mol. The summed E-state index contributed by atoms with van der Waals surface area (Å²) in [4.78, 5) is 5.19. The topological polar surface area (TPSA) is 34.2 Å². The molecule has 0 radical (unpaired) electrons. The molecule has 7 nitrogen and oxygen atoms in total. The van der Waals surface area contributed by atoms with E-state index in [0.717, 1.165) is 78.7 Å². The van der Waals surface area contributed by atoms with Crippen LogP contribution in [0.5, 0.6) is 11.5 Å². The van der Waals surface area contributed by atoms with Crippen LogP contribution in [0.25, 0.3) is 0 Å². The average Bonchev–Trinajstić information content (AvgIpc) is 3.30. The zero-order valence-electron chi connectivity index (χ0n) is 53.4. The quantitative estimate of drug-likeness (QED) is 0.0749. The second-order valence-corrected chi connectivity index (χ2v) is 27.3. The number of piperazine rings is 1. The summed E-state index contributed by atoms with van der Waals surface area (Å²) >= 11 is 0. The molecule has 1 saturated heterocycles. The third kappa shape index (κ3) is 25.5. The maximum absolute atomic E-state index is 5.80. The molecule has 0 amide bonds. The van der Waals surface area contributed by atoms with Crippen LogP contribution in [-0.4, -0.2) is 112 Å². The summed E-state index contributed by atoms with van der Waals surface area (Å²) < 4.78 is 19.1. The zero-order chi connectivity index (χ0) is 56.7. The van der Waals surface area contributed by atoms with Crippen molar-refractivity contribution in [3.63, 3.8) is 0 Å². The van der Waals surface area contributed by atoms with E-state index in [4.69, 9.17) is 14.2 Å². The molecule has 1 aliphatic heterocycles. The van der Waals surface area contributed by atoms with Crippen molar-refractivity contribution in [2.75, 3.05) is 87.2 Å². The first-order chi connectivity index (χ1) is 34.2. The third-order valence-electron chi connectivity index (χ3n) is 16.6. The fourth-order valence-corrected chi connectivity index (χ4v) is 9.95. The van der Waals surface area contributed by atoms with E-state index in [2.05, 4.69) is 242 Å². The highest BCUT2D eigenvalue weighted by Gasteiger charge is 2.45. The van der Waals surface area contributed by atoms with E-state index in [1.165, 1.54) is 61.4 Å². The van der Waals surface area contributed by atoms with E-state index in [-0.39, 0.29) is 10.8 Å². The molecule has 1 aliphatic rings. The minimum atomic E-state index is 0.269. The van der Waals surface area contributed by atoms with Gasteiger partial charge in [-0.15, -0.1) is 0 Å². The molecule has 0 atom stereocenters. The van der Waals surface area contributed by atoms with Crippen LogP contribution >= 0.6 is 0 Å². The van der Waals surface area contributed by atoms with E-state index < -0.39 is 0 Å². The Morgan fingerprint density at radius 1 is 0.500 bits per heavy atom. The Balaban J connectivity index is 0.000000546. The Morgan fingerprint density at radius 3 is 1.24 bits per heavy atom. The molecule has 1 heterocycles. The molecule has 0 bridgehead atoms. The molecule has 1 fully saturated rings.